The Hall–Kier alpha value is -3.23. The van der Waals surface area contributed by atoms with Crippen molar-refractivity contribution in [3.8, 4) is 0 Å². The standard InChI is InChI=1S/C27H37N7O/c1-4-33-15-17-34(18-16-33)23-11-9-22(10-12-23)31-27-29-14-13-24(32-27)20-5-7-21(8-6-20)30-26(35)25(28)19(2)3/h5,7-14,19-20,25H,4,6,15-18,28H2,1-3H3,(H,30,35)(H,29,31,32)/t20?,25-/m1/s1. The van der Waals surface area contributed by atoms with Gasteiger partial charge in [0.25, 0.3) is 0 Å². The molecule has 1 aromatic heterocycles. The van der Waals surface area contributed by atoms with E-state index in [1.165, 1.54) is 5.69 Å². The lowest BCUT2D eigenvalue weighted by atomic mass is 9.95. The maximum atomic E-state index is 12.2. The predicted octanol–water partition coefficient (Wildman–Crippen LogP) is 3.39. The van der Waals surface area contributed by atoms with Gasteiger partial charge in [-0.15, -0.1) is 0 Å². The maximum absolute atomic E-state index is 12.2. The second kappa shape index (κ2) is 11.5. The summed E-state index contributed by atoms with van der Waals surface area (Å²) in [7, 11) is 0. The molecular weight excluding hydrogens is 438 g/mol. The molecule has 1 aliphatic carbocycles. The van der Waals surface area contributed by atoms with E-state index in [0.717, 1.165) is 56.2 Å². The number of carbonyl (C=O) groups excluding carboxylic acids is 1. The Balaban J connectivity index is 1.33. The third kappa shape index (κ3) is 6.46. The van der Waals surface area contributed by atoms with Gasteiger partial charge in [-0.05, 0) is 55.3 Å². The Morgan fingerprint density at radius 1 is 1.14 bits per heavy atom. The fraction of sp³-hybridized carbons (Fsp3) is 0.444. The molecule has 0 bridgehead atoms. The lowest BCUT2D eigenvalue weighted by Crippen LogP contribution is -2.46. The number of anilines is 3. The van der Waals surface area contributed by atoms with Gasteiger partial charge in [-0.1, -0.05) is 32.9 Å². The van der Waals surface area contributed by atoms with Crippen LogP contribution in [0, 0.1) is 5.92 Å². The minimum absolute atomic E-state index is 0.0931. The van der Waals surface area contributed by atoms with Gasteiger partial charge in [-0.25, -0.2) is 9.97 Å². The number of likely N-dealkylation sites (N-methyl/N-ethyl adjacent to an activating group) is 1. The van der Waals surface area contributed by atoms with Gasteiger partial charge in [0.2, 0.25) is 11.9 Å². The van der Waals surface area contributed by atoms with Gasteiger partial charge in [-0.3, -0.25) is 4.79 Å². The average molecular weight is 476 g/mol. The number of benzene rings is 1. The molecule has 4 rings (SSSR count). The van der Waals surface area contributed by atoms with Crippen LogP contribution in [0.1, 0.15) is 38.8 Å². The molecule has 4 N–H and O–H groups in total. The molecule has 1 aliphatic heterocycles. The van der Waals surface area contributed by atoms with Crippen molar-refractivity contribution in [3.05, 3.63) is 66.1 Å². The predicted molar refractivity (Wildman–Crippen MR) is 142 cm³/mol. The summed E-state index contributed by atoms with van der Waals surface area (Å²) in [6, 6.07) is 9.89. The molecule has 186 valence electrons. The van der Waals surface area contributed by atoms with E-state index >= 15 is 0 Å². The molecule has 2 atom stereocenters. The molecule has 2 aromatic rings. The zero-order valence-corrected chi connectivity index (χ0v) is 20.9. The molecule has 0 radical (unpaired) electrons. The summed E-state index contributed by atoms with van der Waals surface area (Å²) in [5, 5.41) is 6.24. The first-order valence-electron chi connectivity index (χ1n) is 12.5. The van der Waals surface area contributed by atoms with E-state index in [9.17, 15) is 4.79 Å². The Morgan fingerprint density at radius 2 is 1.89 bits per heavy atom. The molecule has 1 saturated heterocycles. The van der Waals surface area contributed by atoms with Gasteiger partial charge < -0.3 is 26.2 Å². The number of hydrogen-bond donors (Lipinski definition) is 3. The summed E-state index contributed by atoms with van der Waals surface area (Å²) in [6.45, 7) is 11.6. The molecule has 1 amide bonds. The molecule has 35 heavy (non-hydrogen) atoms. The molecule has 2 heterocycles. The van der Waals surface area contributed by atoms with Gasteiger partial charge in [0.1, 0.15) is 0 Å². The van der Waals surface area contributed by atoms with Crippen molar-refractivity contribution in [2.45, 2.75) is 39.2 Å². The largest absolute Gasteiger partial charge is 0.369 e. The van der Waals surface area contributed by atoms with Crippen molar-refractivity contribution in [1.29, 1.82) is 0 Å². The minimum Gasteiger partial charge on any atom is -0.369 e. The fourth-order valence-electron chi connectivity index (χ4n) is 4.31. The van der Waals surface area contributed by atoms with Crippen LogP contribution in [0.15, 0.2) is 60.5 Å². The zero-order chi connectivity index (χ0) is 24.8. The maximum Gasteiger partial charge on any atom is 0.241 e. The normalized spacial score (nSPS) is 19.4. The number of rotatable bonds is 8. The molecule has 1 fully saturated rings. The molecule has 8 nitrogen and oxygen atoms in total. The van der Waals surface area contributed by atoms with Gasteiger partial charge in [-0.2, -0.15) is 0 Å². The van der Waals surface area contributed by atoms with E-state index in [2.05, 4.69) is 62.7 Å². The highest BCUT2D eigenvalue weighted by molar-refractivity contribution is 5.83. The van der Waals surface area contributed by atoms with Crippen molar-refractivity contribution in [2.75, 3.05) is 42.9 Å². The molecule has 0 spiro atoms. The first-order valence-corrected chi connectivity index (χ1v) is 12.5. The summed E-state index contributed by atoms with van der Waals surface area (Å²) in [5.74, 6) is 0.640. The zero-order valence-electron chi connectivity index (χ0n) is 20.9. The number of nitrogens with two attached hydrogens (primary N) is 1. The minimum atomic E-state index is -0.516. The van der Waals surface area contributed by atoms with Gasteiger partial charge in [0.05, 0.1) is 11.7 Å². The Morgan fingerprint density at radius 3 is 2.51 bits per heavy atom. The van der Waals surface area contributed by atoms with Crippen LogP contribution in [0.2, 0.25) is 0 Å². The van der Waals surface area contributed by atoms with Crippen molar-refractivity contribution in [1.82, 2.24) is 20.2 Å². The van der Waals surface area contributed by atoms with Gasteiger partial charge in [0.15, 0.2) is 0 Å². The molecule has 2 aliphatic rings. The molecular formula is C27H37N7O. The number of allylic oxidation sites excluding steroid dienone is 3. The quantitative estimate of drug-likeness (QED) is 0.538. The van der Waals surface area contributed by atoms with Gasteiger partial charge in [0, 0.05) is 55.4 Å². The summed E-state index contributed by atoms with van der Waals surface area (Å²) in [6.07, 6.45) is 8.54. The van der Waals surface area contributed by atoms with Crippen LogP contribution in [0.4, 0.5) is 17.3 Å². The number of nitrogens with one attached hydrogen (secondary N) is 2. The van der Waals surface area contributed by atoms with E-state index in [1.54, 1.807) is 6.20 Å². The van der Waals surface area contributed by atoms with Crippen LogP contribution in [-0.2, 0) is 4.79 Å². The number of aromatic nitrogens is 2. The first-order chi connectivity index (χ1) is 16.9. The number of carbonyl (C=O) groups is 1. The number of hydrogen-bond acceptors (Lipinski definition) is 7. The highest BCUT2D eigenvalue weighted by Gasteiger charge is 2.20. The lowest BCUT2D eigenvalue weighted by molar-refractivity contribution is -0.122. The second-order valence-electron chi connectivity index (χ2n) is 9.52. The Kier molecular flexibility index (Phi) is 8.15. The van der Waals surface area contributed by atoms with Crippen molar-refractivity contribution >= 4 is 23.2 Å². The third-order valence-electron chi connectivity index (χ3n) is 6.75. The van der Waals surface area contributed by atoms with Crippen molar-refractivity contribution < 1.29 is 4.79 Å². The van der Waals surface area contributed by atoms with E-state index in [0.29, 0.717) is 5.95 Å². The van der Waals surface area contributed by atoms with Crippen LogP contribution in [0.25, 0.3) is 0 Å². The highest BCUT2D eigenvalue weighted by Crippen LogP contribution is 2.26. The third-order valence-corrected chi connectivity index (χ3v) is 6.75. The van der Waals surface area contributed by atoms with Crippen molar-refractivity contribution in [2.24, 2.45) is 11.7 Å². The topological polar surface area (TPSA) is 99.4 Å². The molecule has 8 heteroatoms. The van der Waals surface area contributed by atoms with Crippen LogP contribution in [-0.4, -0.2) is 59.5 Å². The van der Waals surface area contributed by atoms with Crippen LogP contribution < -0.4 is 21.3 Å². The molecule has 0 saturated carbocycles. The molecule has 1 aromatic carbocycles. The van der Waals surface area contributed by atoms with Gasteiger partial charge >= 0.3 is 0 Å². The van der Waals surface area contributed by atoms with Crippen LogP contribution in [0.3, 0.4) is 0 Å². The summed E-state index contributed by atoms with van der Waals surface area (Å²) >= 11 is 0. The smallest absolute Gasteiger partial charge is 0.241 e. The van der Waals surface area contributed by atoms with E-state index in [4.69, 9.17) is 10.7 Å². The van der Waals surface area contributed by atoms with Crippen LogP contribution in [0.5, 0.6) is 0 Å². The van der Waals surface area contributed by atoms with E-state index < -0.39 is 6.04 Å². The lowest BCUT2D eigenvalue weighted by Gasteiger charge is -2.35. The monoisotopic (exact) mass is 475 g/mol. The molecule has 1 unspecified atom stereocenters. The number of amides is 1. The summed E-state index contributed by atoms with van der Waals surface area (Å²) in [4.78, 5) is 26.3. The number of nitrogens with zero attached hydrogens (tertiary/aromatic N) is 4. The van der Waals surface area contributed by atoms with E-state index in [-0.39, 0.29) is 17.7 Å². The average Bonchev–Trinajstić information content (AvgIpc) is 2.89. The Bertz CT molecular complexity index is 1060. The van der Waals surface area contributed by atoms with E-state index in [1.807, 2.05) is 32.1 Å². The van der Waals surface area contributed by atoms with Crippen molar-refractivity contribution in [3.63, 3.8) is 0 Å². The Labute approximate surface area is 208 Å². The second-order valence-corrected chi connectivity index (χ2v) is 9.52. The highest BCUT2D eigenvalue weighted by atomic mass is 16.2. The summed E-state index contributed by atoms with van der Waals surface area (Å²) < 4.78 is 0. The number of piperazine rings is 1. The first kappa shape index (κ1) is 24.9. The fourth-order valence-corrected chi connectivity index (χ4v) is 4.31. The SMILES string of the molecule is CCN1CCN(c2ccc(Nc3nccc(C4C=CC(NC(=O)[C@H](N)C(C)C)=CC4)n3)cc2)CC1. The summed E-state index contributed by atoms with van der Waals surface area (Å²) in [5.41, 5.74) is 9.87. The van der Waals surface area contributed by atoms with Crippen LogP contribution >= 0.6 is 0 Å².